The highest BCUT2D eigenvalue weighted by molar-refractivity contribution is 5.78. The molecule has 0 aliphatic heterocycles. The third-order valence-corrected chi connectivity index (χ3v) is 4.03. The topological polar surface area (TPSA) is 116 Å². The Kier molecular flexibility index (Phi) is 8.65. The molecule has 8 nitrogen and oxygen atoms in total. The standard InChI is InChI=1S/C20H34N4O4/c1-12(2)9-14(25)21-7-8-22-16-17(19(28)18(16)27)23-11-20(5,6)24-15(26)10-13(3)4/h12-13,22-23H,7-11H2,1-6H3,(H,21,25)(H,24,26). The molecule has 0 saturated heterocycles. The van der Waals surface area contributed by atoms with Crippen molar-refractivity contribution in [1.82, 2.24) is 10.6 Å². The van der Waals surface area contributed by atoms with Crippen molar-refractivity contribution in [3.63, 3.8) is 0 Å². The molecule has 158 valence electrons. The van der Waals surface area contributed by atoms with Crippen molar-refractivity contribution in [2.24, 2.45) is 11.8 Å². The van der Waals surface area contributed by atoms with Crippen molar-refractivity contribution in [1.29, 1.82) is 0 Å². The molecule has 1 aromatic carbocycles. The fourth-order valence-electron chi connectivity index (χ4n) is 2.71. The summed E-state index contributed by atoms with van der Waals surface area (Å²) in [5.74, 6) is 0.442. The summed E-state index contributed by atoms with van der Waals surface area (Å²) in [6.45, 7) is 12.6. The molecule has 0 atom stereocenters. The number of carbonyl (C=O) groups is 2. The van der Waals surface area contributed by atoms with Gasteiger partial charge in [-0.3, -0.25) is 19.2 Å². The lowest BCUT2D eigenvalue weighted by Crippen LogP contribution is -2.50. The average molecular weight is 395 g/mol. The zero-order valence-electron chi connectivity index (χ0n) is 17.8. The van der Waals surface area contributed by atoms with Crippen LogP contribution in [0.5, 0.6) is 0 Å². The summed E-state index contributed by atoms with van der Waals surface area (Å²) in [4.78, 5) is 47.2. The number of carbonyl (C=O) groups excluding carboxylic acids is 2. The molecule has 1 aromatic rings. The SMILES string of the molecule is CC(C)CC(=O)NCCNc1c(NCC(C)(C)NC(=O)CC(C)C)c(=O)c1=O. The first-order valence-corrected chi connectivity index (χ1v) is 9.81. The quantitative estimate of drug-likeness (QED) is 0.313. The summed E-state index contributed by atoms with van der Waals surface area (Å²) in [5, 5.41) is 11.6. The highest BCUT2D eigenvalue weighted by atomic mass is 16.2. The number of hydrogen-bond donors (Lipinski definition) is 4. The van der Waals surface area contributed by atoms with Crippen LogP contribution in [0.4, 0.5) is 11.4 Å². The Labute approximate surface area is 166 Å². The van der Waals surface area contributed by atoms with Crippen LogP contribution < -0.4 is 32.1 Å². The molecule has 0 radical (unpaired) electrons. The lowest BCUT2D eigenvalue weighted by atomic mass is 10.0. The second-order valence-electron chi connectivity index (χ2n) is 8.67. The van der Waals surface area contributed by atoms with E-state index in [4.69, 9.17) is 0 Å². The zero-order valence-corrected chi connectivity index (χ0v) is 17.8. The smallest absolute Gasteiger partial charge is 0.253 e. The van der Waals surface area contributed by atoms with Gasteiger partial charge in [-0.1, -0.05) is 27.7 Å². The molecule has 0 spiro atoms. The summed E-state index contributed by atoms with van der Waals surface area (Å²) >= 11 is 0. The highest BCUT2D eigenvalue weighted by Gasteiger charge is 2.25. The summed E-state index contributed by atoms with van der Waals surface area (Å²) in [6, 6.07) is 0. The zero-order chi connectivity index (χ0) is 21.5. The maximum atomic E-state index is 12.0. The number of hydrogen-bond acceptors (Lipinski definition) is 6. The van der Waals surface area contributed by atoms with Crippen LogP contribution in [0.1, 0.15) is 54.4 Å². The van der Waals surface area contributed by atoms with Crippen LogP contribution in [0.3, 0.4) is 0 Å². The Morgan fingerprint density at radius 2 is 1.32 bits per heavy atom. The van der Waals surface area contributed by atoms with Gasteiger partial charge >= 0.3 is 0 Å². The second-order valence-corrected chi connectivity index (χ2v) is 8.67. The number of nitrogens with one attached hydrogen (secondary N) is 4. The Morgan fingerprint density at radius 3 is 1.86 bits per heavy atom. The molecule has 8 heteroatoms. The van der Waals surface area contributed by atoms with Gasteiger partial charge in [0.15, 0.2) is 0 Å². The van der Waals surface area contributed by atoms with Crippen LogP contribution in [-0.2, 0) is 9.59 Å². The Hall–Kier alpha value is -2.38. The Balaban J connectivity index is 2.52. The van der Waals surface area contributed by atoms with Crippen LogP contribution >= 0.6 is 0 Å². The minimum Gasteiger partial charge on any atom is -0.378 e. The molecule has 0 heterocycles. The van der Waals surface area contributed by atoms with Gasteiger partial charge in [0.05, 0.1) is 5.54 Å². The Bertz CT molecular complexity index is 746. The highest BCUT2D eigenvalue weighted by Crippen LogP contribution is 2.15. The molecule has 28 heavy (non-hydrogen) atoms. The number of anilines is 2. The van der Waals surface area contributed by atoms with Crippen molar-refractivity contribution in [3.05, 3.63) is 20.4 Å². The van der Waals surface area contributed by atoms with E-state index < -0.39 is 16.4 Å². The average Bonchev–Trinajstić information content (AvgIpc) is 2.53. The summed E-state index contributed by atoms with van der Waals surface area (Å²) < 4.78 is 0. The molecular formula is C20H34N4O4. The van der Waals surface area contributed by atoms with Crippen molar-refractivity contribution < 1.29 is 9.59 Å². The van der Waals surface area contributed by atoms with E-state index >= 15 is 0 Å². The predicted molar refractivity (Wildman–Crippen MR) is 112 cm³/mol. The molecule has 0 bridgehead atoms. The molecule has 2 amide bonds. The molecule has 1 rings (SSSR count). The summed E-state index contributed by atoms with van der Waals surface area (Å²) in [7, 11) is 0. The molecule has 0 aliphatic carbocycles. The van der Waals surface area contributed by atoms with Crippen LogP contribution in [0.2, 0.25) is 0 Å². The van der Waals surface area contributed by atoms with Crippen LogP contribution in [-0.4, -0.2) is 37.0 Å². The monoisotopic (exact) mass is 394 g/mol. The van der Waals surface area contributed by atoms with E-state index in [1.54, 1.807) is 0 Å². The third-order valence-electron chi connectivity index (χ3n) is 4.03. The van der Waals surface area contributed by atoms with Gasteiger partial charge in [0.25, 0.3) is 10.9 Å². The largest absolute Gasteiger partial charge is 0.378 e. The normalized spacial score (nSPS) is 11.7. The minimum atomic E-state index is -0.576. The van der Waals surface area contributed by atoms with E-state index in [9.17, 15) is 19.2 Å². The van der Waals surface area contributed by atoms with E-state index in [0.717, 1.165) is 0 Å². The van der Waals surface area contributed by atoms with Gasteiger partial charge in [-0.25, -0.2) is 0 Å². The first-order valence-electron chi connectivity index (χ1n) is 9.81. The lowest BCUT2D eigenvalue weighted by molar-refractivity contribution is -0.123. The fourth-order valence-corrected chi connectivity index (χ4v) is 2.71. The van der Waals surface area contributed by atoms with Crippen LogP contribution in [0, 0.1) is 11.8 Å². The van der Waals surface area contributed by atoms with Crippen molar-refractivity contribution >= 4 is 23.2 Å². The summed E-state index contributed by atoms with van der Waals surface area (Å²) in [6.07, 6.45) is 0.878. The third kappa shape index (κ3) is 7.70. The Morgan fingerprint density at radius 1 is 0.821 bits per heavy atom. The lowest BCUT2D eigenvalue weighted by Gasteiger charge is -2.28. The van der Waals surface area contributed by atoms with Gasteiger partial charge in [0.2, 0.25) is 11.8 Å². The van der Waals surface area contributed by atoms with Gasteiger partial charge in [-0.05, 0) is 25.7 Å². The van der Waals surface area contributed by atoms with E-state index in [0.29, 0.717) is 32.5 Å². The molecular weight excluding hydrogens is 360 g/mol. The first-order chi connectivity index (χ1) is 12.9. The maximum absolute atomic E-state index is 12.0. The predicted octanol–water partition coefficient (Wildman–Crippen LogP) is 1.21. The van der Waals surface area contributed by atoms with Gasteiger partial charge < -0.3 is 21.3 Å². The van der Waals surface area contributed by atoms with Crippen LogP contribution in [0.15, 0.2) is 9.59 Å². The minimum absolute atomic E-state index is 0.0426. The maximum Gasteiger partial charge on any atom is 0.253 e. The van der Waals surface area contributed by atoms with E-state index in [1.165, 1.54) is 0 Å². The summed E-state index contributed by atoms with van der Waals surface area (Å²) in [5.41, 5.74) is -1.27. The molecule has 4 N–H and O–H groups in total. The van der Waals surface area contributed by atoms with E-state index in [-0.39, 0.29) is 35.0 Å². The van der Waals surface area contributed by atoms with Gasteiger partial charge in [0.1, 0.15) is 11.4 Å². The van der Waals surface area contributed by atoms with Gasteiger partial charge in [-0.2, -0.15) is 0 Å². The molecule has 0 saturated carbocycles. The molecule has 0 fully saturated rings. The molecule has 0 aliphatic rings. The molecule has 0 unspecified atom stereocenters. The van der Waals surface area contributed by atoms with Crippen molar-refractivity contribution in [3.8, 4) is 0 Å². The van der Waals surface area contributed by atoms with Crippen LogP contribution in [0.25, 0.3) is 0 Å². The second kappa shape index (κ2) is 10.2. The van der Waals surface area contributed by atoms with Crippen molar-refractivity contribution in [2.75, 3.05) is 30.3 Å². The first kappa shape index (κ1) is 23.7. The molecule has 0 aromatic heterocycles. The number of rotatable bonds is 12. The van der Waals surface area contributed by atoms with E-state index in [1.807, 2.05) is 41.5 Å². The van der Waals surface area contributed by atoms with Crippen molar-refractivity contribution in [2.45, 2.75) is 59.9 Å². The van der Waals surface area contributed by atoms with E-state index in [2.05, 4.69) is 21.3 Å². The number of amides is 2. The van der Waals surface area contributed by atoms with Gasteiger partial charge in [0, 0.05) is 32.5 Å². The van der Waals surface area contributed by atoms with Gasteiger partial charge in [-0.15, -0.1) is 0 Å². The fraction of sp³-hybridized carbons (Fsp3) is 0.700.